The van der Waals surface area contributed by atoms with Crippen LogP contribution in [0.1, 0.15) is 30.6 Å². The molecular formula is C16H24O5. The van der Waals surface area contributed by atoms with E-state index in [9.17, 15) is 4.79 Å². The summed E-state index contributed by atoms with van der Waals surface area (Å²) in [5, 5.41) is 0. The molecule has 0 saturated carbocycles. The smallest absolute Gasteiger partial charge is 0.337 e. The lowest BCUT2D eigenvalue weighted by atomic mass is 10.2. The Balaban J connectivity index is 2.11. The molecule has 1 aromatic rings. The molecule has 0 heterocycles. The Labute approximate surface area is 126 Å². The van der Waals surface area contributed by atoms with Crippen molar-refractivity contribution in [1.29, 1.82) is 0 Å². The summed E-state index contributed by atoms with van der Waals surface area (Å²) in [5.41, 5.74) is 0.503. The molecule has 0 fully saturated rings. The van der Waals surface area contributed by atoms with Crippen LogP contribution in [0.25, 0.3) is 0 Å². The van der Waals surface area contributed by atoms with Crippen LogP contribution < -0.4 is 4.74 Å². The maximum absolute atomic E-state index is 11.3. The minimum Gasteiger partial charge on any atom is -0.491 e. The standard InChI is InChI=1S/C16H24O5/c1-4-13(2)20-11-9-19-10-12-21-15-7-5-14(6-8-15)16(17)18-3/h5-8,13H,4,9-12H2,1-3H3. The zero-order valence-corrected chi connectivity index (χ0v) is 13.0. The predicted octanol–water partition coefficient (Wildman–Crippen LogP) is 2.68. The predicted molar refractivity (Wildman–Crippen MR) is 79.8 cm³/mol. The van der Waals surface area contributed by atoms with Crippen LogP contribution in [-0.2, 0) is 14.2 Å². The van der Waals surface area contributed by atoms with E-state index in [1.54, 1.807) is 24.3 Å². The summed E-state index contributed by atoms with van der Waals surface area (Å²) in [5.74, 6) is 0.341. The van der Waals surface area contributed by atoms with Gasteiger partial charge in [-0.3, -0.25) is 0 Å². The van der Waals surface area contributed by atoms with Gasteiger partial charge in [-0.2, -0.15) is 0 Å². The SMILES string of the molecule is CCC(C)OCCOCCOc1ccc(C(=O)OC)cc1. The Morgan fingerprint density at radius 2 is 1.76 bits per heavy atom. The summed E-state index contributed by atoms with van der Waals surface area (Å²) < 4.78 is 21.0. The van der Waals surface area contributed by atoms with Crippen molar-refractivity contribution in [3.63, 3.8) is 0 Å². The van der Waals surface area contributed by atoms with Gasteiger partial charge in [-0.25, -0.2) is 4.79 Å². The monoisotopic (exact) mass is 296 g/mol. The van der Waals surface area contributed by atoms with Crippen molar-refractivity contribution in [2.75, 3.05) is 33.5 Å². The van der Waals surface area contributed by atoms with Crippen LogP contribution >= 0.6 is 0 Å². The topological polar surface area (TPSA) is 54.0 Å². The van der Waals surface area contributed by atoms with Gasteiger partial charge >= 0.3 is 5.97 Å². The van der Waals surface area contributed by atoms with Crippen LogP contribution in [0.3, 0.4) is 0 Å². The number of ether oxygens (including phenoxy) is 4. The van der Waals surface area contributed by atoms with Gasteiger partial charge in [-0.1, -0.05) is 6.92 Å². The first kappa shape index (κ1) is 17.5. The maximum Gasteiger partial charge on any atom is 0.337 e. The maximum atomic E-state index is 11.3. The molecule has 0 spiro atoms. The van der Waals surface area contributed by atoms with Crippen molar-refractivity contribution >= 4 is 5.97 Å². The summed E-state index contributed by atoms with van der Waals surface area (Å²) in [6.07, 6.45) is 1.28. The number of hydrogen-bond donors (Lipinski definition) is 0. The largest absolute Gasteiger partial charge is 0.491 e. The van der Waals surface area contributed by atoms with E-state index in [2.05, 4.69) is 11.7 Å². The third kappa shape index (κ3) is 7.11. The molecule has 0 aliphatic rings. The van der Waals surface area contributed by atoms with Crippen LogP contribution in [0.5, 0.6) is 5.75 Å². The second kappa shape index (κ2) is 10.2. The minimum atomic E-state index is -0.355. The van der Waals surface area contributed by atoms with E-state index in [1.807, 2.05) is 6.92 Å². The van der Waals surface area contributed by atoms with E-state index < -0.39 is 0 Å². The number of carbonyl (C=O) groups is 1. The van der Waals surface area contributed by atoms with Crippen LogP contribution in [0.4, 0.5) is 0 Å². The first-order valence-corrected chi connectivity index (χ1v) is 7.18. The van der Waals surface area contributed by atoms with Crippen molar-refractivity contribution in [2.45, 2.75) is 26.4 Å². The van der Waals surface area contributed by atoms with E-state index in [1.165, 1.54) is 7.11 Å². The van der Waals surface area contributed by atoms with Crippen molar-refractivity contribution in [2.24, 2.45) is 0 Å². The van der Waals surface area contributed by atoms with E-state index in [4.69, 9.17) is 14.2 Å². The van der Waals surface area contributed by atoms with Gasteiger partial charge in [0.15, 0.2) is 0 Å². The molecule has 0 aliphatic heterocycles. The van der Waals surface area contributed by atoms with E-state index in [0.29, 0.717) is 37.7 Å². The Morgan fingerprint density at radius 1 is 1.10 bits per heavy atom. The molecule has 1 rings (SSSR count). The fourth-order valence-corrected chi connectivity index (χ4v) is 1.55. The molecule has 5 nitrogen and oxygen atoms in total. The Kier molecular flexibility index (Phi) is 8.47. The highest BCUT2D eigenvalue weighted by Crippen LogP contribution is 2.12. The molecule has 5 heteroatoms. The molecule has 21 heavy (non-hydrogen) atoms. The molecule has 0 saturated heterocycles. The van der Waals surface area contributed by atoms with Crippen molar-refractivity contribution in [3.05, 3.63) is 29.8 Å². The quantitative estimate of drug-likeness (QED) is 0.491. The van der Waals surface area contributed by atoms with E-state index >= 15 is 0 Å². The molecule has 0 N–H and O–H groups in total. The lowest BCUT2D eigenvalue weighted by Gasteiger charge is -2.11. The third-order valence-electron chi connectivity index (χ3n) is 2.98. The lowest BCUT2D eigenvalue weighted by Crippen LogP contribution is -2.14. The van der Waals surface area contributed by atoms with E-state index in [0.717, 1.165) is 6.42 Å². The van der Waals surface area contributed by atoms with E-state index in [-0.39, 0.29) is 12.1 Å². The summed E-state index contributed by atoms with van der Waals surface area (Å²) in [7, 11) is 1.36. The van der Waals surface area contributed by atoms with Gasteiger partial charge in [0.2, 0.25) is 0 Å². The number of esters is 1. The van der Waals surface area contributed by atoms with Gasteiger partial charge in [0, 0.05) is 0 Å². The van der Waals surface area contributed by atoms with Gasteiger partial charge in [0.25, 0.3) is 0 Å². The first-order valence-electron chi connectivity index (χ1n) is 7.18. The first-order chi connectivity index (χ1) is 10.2. The summed E-state index contributed by atoms with van der Waals surface area (Å²) >= 11 is 0. The third-order valence-corrected chi connectivity index (χ3v) is 2.98. The number of benzene rings is 1. The summed E-state index contributed by atoms with van der Waals surface area (Å²) in [4.78, 5) is 11.3. The van der Waals surface area contributed by atoms with Gasteiger partial charge in [-0.15, -0.1) is 0 Å². The number of rotatable bonds is 10. The number of carbonyl (C=O) groups excluding carboxylic acids is 1. The summed E-state index contributed by atoms with van der Waals surface area (Å²) in [6.45, 7) is 6.26. The molecule has 0 bridgehead atoms. The molecule has 1 unspecified atom stereocenters. The van der Waals surface area contributed by atoms with Crippen LogP contribution in [0.2, 0.25) is 0 Å². The van der Waals surface area contributed by atoms with Crippen molar-refractivity contribution < 1.29 is 23.7 Å². The molecule has 0 aliphatic carbocycles. The second-order valence-electron chi connectivity index (χ2n) is 4.57. The summed E-state index contributed by atoms with van der Waals surface area (Å²) in [6, 6.07) is 6.81. The highest BCUT2D eigenvalue weighted by atomic mass is 16.5. The average molecular weight is 296 g/mol. The average Bonchev–Trinajstić information content (AvgIpc) is 2.53. The zero-order chi connectivity index (χ0) is 15.5. The highest BCUT2D eigenvalue weighted by Gasteiger charge is 2.04. The van der Waals surface area contributed by atoms with Crippen LogP contribution in [0, 0.1) is 0 Å². The molecule has 1 atom stereocenters. The molecular weight excluding hydrogens is 272 g/mol. The highest BCUT2D eigenvalue weighted by molar-refractivity contribution is 5.89. The molecule has 0 aromatic heterocycles. The number of hydrogen-bond acceptors (Lipinski definition) is 5. The van der Waals surface area contributed by atoms with Gasteiger partial charge < -0.3 is 18.9 Å². The van der Waals surface area contributed by atoms with Gasteiger partial charge in [0.1, 0.15) is 12.4 Å². The van der Waals surface area contributed by atoms with Crippen LogP contribution in [-0.4, -0.2) is 45.6 Å². The molecule has 118 valence electrons. The fraction of sp³-hybridized carbons (Fsp3) is 0.562. The Bertz CT molecular complexity index is 402. The van der Waals surface area contributed by atoms with Crippen molar-refractivity contribution in [3.8, 4) is 5.75 Å². The lowest BCUT2D eigenvalue weighted by molar-refractivity contribution is 0.00499. The van der Waals surface area contributed by atoms with Crippen LogP contribution in [0.15, 0.2) is 24.3 Å². The molecule has 1 aromatic carbocycles. The van der Waals surface area contributed by atoms with Crippen molar-refractivity contribution in [1.82, 2.24) is 0 Å². The fourth-order valence-electron chi connectivity index (χ4n) is 1.55. The second-order valence-corrected chi connectivity index (χ2v) is 4.57. The normalized spacial score (nSPS) is 12.0. The number of methoxy groups -OCH3 is 1. The minimum absolute atomic E-state index is 0.276. The molecule has 0 amide bonds. The Hall–Kier alpha value is -1.59. The molecule has 0 radical (unpaired) electrons. The van der Waals surface area contributed by atoms with Gasteiger partial charge in [0.05, 0.1) is 38.6 Å². The zero-order valence-electron chi connectivity index (χ0n) is 13.0. The van der Waals surface area contributed by atoms with Gasteiger partial charge in [-0.05, 0) is 37.6 Å². The Morgan fingerprint density at radius 3 is 2.38 bits per heavy atom.